The molecule has 0 spiro atoms. The van der Waals surface area contributed by atoms with Gasteiger partial charge in [0.25, 0.3) is 0 Å². The van der Waals surface area contributed by atoms with E-state index in [-0.39, 0.29) is 0 Å². The normalized spacial score (nSPS) is 25.4. The molecule has 0 radical (unpaired) electrons. The summed E-state index contributed by atoms with van der Waals surface area (Å²) in [5.41, 5.74) is 1.18. The number of nitriles is 1. The van der Waals surface area contributed by atoms with Gasteiger partial charge in [-0.15, -0.1) is 0 Å². The lowest BCUT2D eigenvalue weighted by atomic mass is 9.75. The highest BCUT2D eigenvalue weighted by Gasteiger charge is 2.41. The molecule has 1 aromatic carbocycles. The maximum absolute atomic E-state index is 10.6. The Hall–Kier alpha value is -1.37. The summed E-state index contributed by atoms with van der Waals surface area (Å²) in [6.45, 7) is 3.07. The molecule has 2 unspecified atom stereocenters. The van der Waals surface area contributed by atoms with Crippen LogP contribution in [0.3, 0.4) is 0 Å². The largest absolute Gasteiger partial charge is 0.387 e. The second-order valence-corrected chi connectivity index (χ2v) is 4.88. The van der Waals surface area contributed by atoms with Gasteiger partial charge in [-0.05, 0) is 30.4 Å². The number of nitrogens with zero attached hydrogens (tertiary/aromatic N) is 1. The SMILES string of the molecule is CCc1ccccc1C(O)C1(C#N)CCCOC1. The lowest BCUT2D eigenvalue weighted by Crippen LogP contribution is -2.36. The van der Waals surface area contributed by atoms with Gasteiger partial charge in [-0.2, -0.15) is 5.26 Å². The van der Waals surface area contributed by atoms with E-state index in [1.165, 1.54) is 0 Å². The first-order valence-corrected chi connectivity index (χ1v) is 6.48. The minimum absolute atomic E-state index is 0.322. The van der Waals surface area contributed by atoms with Crippen LogP contribution in [-0.4, -0.2) is 18.3 Å². The Morgan fingerprint density at radius 1 is 1.50 bits per heavy atom. The Morgan fingerprint density at radius 3 is 2.89 bits per heavy atom. The molecule has 3 nitrogen and oxygen atoms in total. The summed E-state index contributed by atoms with van der Waals surface area (Å²) in [5, 5.41) is 20.1. The first-order chi connectivity index (χ1) is 8.73. The fourth-order valence-corrected chi connectivity index (χ4v) is 2.60. The summed E-state index contributed by atoms with van der Waals surface area (Å²) >= 11 is 0. The highest BCUT2D eigenvalue weighted by molar-refractivity contribution is 5.32. The van der Waals surface area contributed by atoms with Gasteiger partial charge in [0.05, 0.1) is 12.7 Å². The quantitative estimate of drug-likeness (QED) is 0.890. The summed E-state index contributed by atoms with van der Waals surface area (Å²) in [4.78, 5) is 0. The lowest BCUT2D eigenvalue weighted by molar-refractivity contribution is -0.0508. The summed E-state index contributed by atoms with van der Waals surface area (Å²) in [6.07, 6.45) is 1.62. The molecule has 1 aromatic rings. The molecule has 0 amide bonds. The zero-order chi connectivity index (χ0) is 13.0. The smallest absolute Gasteiger partial charge is 0.111 e. The van der Waals surface area contributed by atoms with E-state index in [0.29, 0.717) is 19.6 Å². The number of rotatable bonds is 3. The highest BCUT2D eigenvalue weighted by atomic mass is 16.5. The number of aliphatic hydroxyl groups is 1. The van der Waals surface area contributed by atoms with Crippen LogP contribution in [0.25, 0.3) is 0 Å². The minimum Gasteiger partial charge on any atom is -0.387 e. The molecule has 96 valence electrons. The number of benzene rings is 1. The fraction of sp³-hybridized carbons (Fsp3) is 0.533. The standard InChI is InChI=1S/C15H19NO2/c1-2-12-6-3-4-7-13(12)14(17)15(10-16)8-5-9-18-11-15/h3-4,6-7,14,17H,2,5,8-9,11H2,1H3. The third kappa shape index (κ3) is 2.27. The van der Waals surface area contributed by atoms with Crippen LogP contribution in [0.5, 0.6) is 0 Å². The summed E-state index contributed by atoms with van der Waals surface area (Å²) in [7, 11) is 0. The molecule has 0 aromatic heterocycles. The van der Waals surface area contributed by atoms with Gasteiger partial charge in [-0.25, -0.2) is 0 Å². The number of aryl methyl sites for hydroxylation is 1. The maximum Gasteiger partial charge on any atom is 0.111 e. The van der Waals surface area contributed by atoms with Crippen molar-refractivity contribution < 1.29 is 9.84 Å². The van der Waals surface area contributed by atoms with Gasteiger partial charge in [-0.1, -0.05) is 31.2 Å². The molecule has 1 heterocycles. The number of aliphatic hydroxyl groups excluding tert-OH is 1. The van der Waals surface area contributed by atoms with Crippen LogP contribution in [0.2, 0.25) is 0 Å². The molecular formula is C15H19NO2. The zero-order valence-electron chi connectivity index (χ0n) is 10.7. The van der Waals surface area contributed by atoms with Crippen molar-refractivity contribution in [3.8, 4) is 6.07 Å². The zero-order valence-corrected chi connectivity index (χ0v) is 10.7. The van der Waals surface area contributed by atoms with Crippen molar-refractivity contribution in [3.63, 3.8) is 0 Å². The van der Waals surface area contributed by atoms with Gasteiger partial charge in [0, 0.05) is 6.61 Å². The Bertz CT molecular complexity index is 444. The number of hydrogen-bond acceptors (Lipinski definition) is 3. The molecule has 1 saturated heterocycles. The molecular weight excluding hydrogens is 226 g/mol. The molecule has 0 saturated carbocycles. The lowest BCUT2D eigenvalue weighted by Gasteiger charge is -2.35. The van der Waals surface area contributed by atoms with E-state index in [1.807, 2.05) is 24.3 Å². The van der Waals surface area contributed by atoms with Crippen molar-refractivity contribution in [2.45, 2.75) is 32.3 Å². The first kappa shape index (κ1) is 13.1. The molecule has 1 fully saturated rings. The third-order valence-electron chi connectivity index (χ3n) is 3.75. The maximum atomic E-state index is 10.6. The van der Waals surface area contributed by atoms with Crippen molar-refractivity contribution in [1.29, 1.82) is 5.26 Å². The van der Waals surface area contributed by atoms with Crippen LogP contribution >= 0.6 is 0 Å². The van der Waals surface area contributed by atoms with Crippen LogP contribution < -0.4 is 0 Å². The summed E-state index contributed by atoms with van der Waals surface area (Å²) in [6, 6.07) is 10.1. The van der Waals surface area contributed by atoms with Crippen molar-refractivity contribution >= 4 is 0 Å². The molecule has 2 atom stereocenters. The van der Waals surface area contributed by atoms with E-state index in [1.54, 1.807) is 0 Å². The average molecular weight is 245 g/mol. The summed E-state index contributed by atoms with van der Waals surface area (Å²) in [5.74, 6) is 0. The van der Waals surface area contributed by atoms with E-state index in [9.17, 15) is 10.4 Å². The molecule has 18 heavy (non-hydrogen) atoms. The van der Waals surface area contributed by atoms with Gasteiger partial charge in [0.1, 0.15) is 11.5 Å². The van der Waals surface area contributed by atoms with Crippen molar-refractivity contribution in [2.75, 3.05) is 13.2 Å². The minimum atomic E-state index is -0.788. The summed E-state index contributed by atoms with van der Waals surface area (Å²) < 4.78 is 5.41. The van der Waals surface area contributed by atoms with Crippen LogP contribution in [0.15, 0.2) is 24.3 Å². The molecule has 3 heteroatoms. The first-order valence-electron chi connectivity index (χ1n) is 6.48. The second-order valence-electron chi connectivity index (χ2n) is 4.88. The molecule has 1 aliphatic heterocycles. The predicted octanol–water partition coefficient (Wildman–Crippen LogP) is 2.60. The monoisotopic (exact) mass is 245 g/mol. The Balaban J connectivity index is 2.34. The van der Waals surface area contributed by atoms with Gasteiger partial charge >= 0.3 is 0 Å². The van der Waals surface area contributed by atoms with Gasteiger partial charge < -0.3 is 9.84 Å². The van der Waals surface area contributed by atoms with Crippen LogP contribution in [0, 0.1) is 16.7 Å². The number of hydrogen-bond donors (Lipinski definition) is 1. The van der Waals surface area contributed by atoms with Crippen molar-refractivity contribution in [3.05, 3.63) is 35.4 Å². The fourth-order valence-electron chi connectivity index (χ4n) is 2.60. The van der Waals surface area contributed by atoms with E-state index in [4.69, 9.17) is 4.74 Å². The van der Waals surface area contributed by atoms with Crippen molar-refractivity contribution in [1.82, 2.24) is 0 Å². The van der Waals surface area contributed by atoms with Crippen LogP contribution in [0.4, 0.5) is 0 Å². The second kappa shape index (κ2) is 5.51. The molecule has 0 bridgehead atoms. The van der Waals surface area contributed by atoms with E-state index < -0.39 is 11.5 Å². The van der Waals surface area contributed by atoms with E-state index >= 15 is 0 Å². The van der Waals surface area contributed by atoms with Crippen molar-refractivity contribution in [2.24, 2.45) is 5.41 Å². The Morgan fingerprint density at radius 2 is 2.28 bits per heavy atom. The van der Waals surface area contributed by atoms with Crippen LogP contribution in [-0.2, 0) is 11.2 Å². The number of ether oxygens (including phenoxy) is 1. The topological polar surface area (TPSA) is 53.2 Å². The molecule has 2 rings (SSSR count). The van der Waals surface area contributed by atoms with Gasteiger partial charge in [0.2, 0.25) is 0 Å². The Kier molecular flexibility index (Phi) is 4.00. The Labute approximate surface area is 108 Å². The van der Waals surface area contributed by atoms with E-state index in [2.05, 4.69) is 13.0 Å². The molecule has 1 N–H and O–H groups in total. The average Bonchev–Trinajstić information content (AvgIpc) is 2.47. The third-order valence-corrected chi connectivity index (χ3v) is 3.75. The van der Waals surface area contributed by atoms with E-state index in [0.717, 1.165) is 24.0 Å². The predicted molar refractivity (Wildman–Crippen MR) is 68.9 cm³/mol. The molecule has 0 aliphatic carbocycles. The highest BCUT2D eigenvalue weighted by Crippen LogP contribution is 2.41. The van der Waals surface area contributed by atoms with Gasteiger partial charge in [-0.3, -0.25) is 0 Å². The van der Waals surface area contributed by atoms with Gasteiger partial charge in [0.15, 0.2) is 0 Å². The molecule has 1 aliphatic rings. The van der Waals surface area contributed by atoms with Crippen LogP contribution in [0.1, 0.15) is 37.0 Å².